The summed E-state index contributed by atoms with van der Waals surface area (Å²) >= 11 is 5.77. The first kappa shape index (κ1) is 16.6. The average molecular weight is 364 g/mol. The van der Waals surface area contributed by atoms with Crippen molar-refractivity contribution in [2.75, 3.05) is 0 Å². The monoisotopic (exact) mass is 363 g/mol. The minimum absolute atomic E-state index is 0.0111. The van der Waals surface area contributed by atoms with Crippen LogP contribution in [0.2, 0.25) is 5.02 Å². The SMILES string of the molecule is N#C[C@@]1(C=O)[C@@H](c2ccc(F)cc2)[C@@H]1S(=O)(=O)c1ccc(Cl)cc1. The number of nitriles is 1. The molecular weight excluding hydrogens is 353 g/mol. The van der Waals surface area contributed by atoms with Crippen molar-refractivity contribution in [1.82, 2.24) is 0 Å². The molecule has 0 radical (unpaired) electrons. The molecular formula is C17H11ClFNO3S. The summed E-state index contributed by atoms with van der Waals surface area (Å²) in [7, 11) is -3.93. The Morgan fingerprint density at radius 1 is 1.12 bits per heavy atom. The highest BCUT2D eigenvalue weighted by atomic mass is 35.5. The topological polar surface area (TPSA) is 75.0 Å². The number of carbonyl (C=O) groups is 1. The van der Waals surface area contributed by atoms with Crippen molar-refractivity contribution in [3.63, 3.8) is 0 Å². The Morgan fingerprint density at radius 2 is 1.71 bits per heavy atom. The first-order valence-corrected chi connectivity index (χ1v) is 8.92. The van der Waals surface area contributed by atoms with Gasteiger partial charge >= 0.3 is 0 Å². The number of rotatable bonds is 4. The summed E-state index contributed by atoms with van der Waals surface area (Å²) in [6, 6.07) is 12.5. The van der Waals surface area contributed by atoms with Crippen molar-refractivity contribution in [1.29, 1.82) is 5.26 Å². The van der Waals surface area contributed by atoms with Crippen LogP contribution in [0, 0.1) is 22.6 Å². The van der Waals surface area contributed by atoms with Crippen molar-refractivity contribution in [3.05, 3.63) is 64.9 Å². The molecule has 4 nitrogen and oxygen atoms in total. The molecule has 0 aliphatic heterocycles. The van der Waals surface area contributed by atoms with Gasteiger partial charge in [-0.1, -0.05) is 23.7 Å². The molecule has 0 aromatic heterocycles. The van der Waals surface area contributed by atoms with Gasteiger partial charge in [-0.05, 0) is 42.0 Å². The van der Waals surface area contributed by atoms with E-state index in [1.165, 1.54) is 48.5 Å². The minimum Gasteiger partial charge on any atom is -0.302 e. The molecule has 122 valence electrons. The maximum absolute atomic E-state index is 13.1. The summed E-state index contributed by atoms with van der Waals surface area (Å²) in [5.74, 6) is -1.31. The second kappa shape index (κ2) is 5.69. The summed E-state index contributed by atoms with van der Waals surface area (Å²) in [6.45, 7) is 0. The van der Waals surface area contributed by atoms with Crippen LogP contribution in [-0.2, 0) is 14.6 Å². The first-order chi connectivity index (χ1) is 11.4. The van der Waals surface area contributed by atoms with Crippen LogP contribution in [0.5, 0.6) is 0 Å². The van der Waals surface area contributed by atoms with Gasteiger partial charge in [-0.3, -0.25) is 0 Å². The van der Waals surface area contributed by atoms with Crippen LogP contribution in [0.4, 0.5) is 4.39 Å². The Kier molecular flexibility index (Phi) is 3.94. The van der Waals surface area contributed by atoms with Gasteiger partial charge in [-0.25, -0.2) is 12.8 Å². The van der Waals surface area contributed by atoms with Crippen LogP contribution >= 0.6 is 11.6 Å². The highest BCUT2D eigenvalue weighted by Crippen LogP contribution is 2.62. The highest BCUT2D eigenvalue weighted by Gasteiger charge is 2.72. The van der Waals surface area contributed by atoms with Crippen molar-refractivity contribution >= 4 is 27.7 Å². The van der Waals surface area contributed by atoms with Crippen molar-refractivity contribution in [2.24, 2.45) is 5.41 Å². The summed E-state index contributed by atoms with van der Waals surface area (Å²) < 4.78 is 38.8. The van der Waals surface area contributed by atoms with Gasteiger partial charge < -0.3 is 4.79 Å². The van der Waals surface area contributed by atoms with Gasteiger partial charge in [-0.15, -0.1) is 0 Å². The maximum atomic E-state index is 13.1. The molecule has 0 N–H and O–H groups in total. The first-order valence-electron chi connectivity index (χ1n) is 6.99. The predicted molar refractivity (Wildman–Crippen MR) is 85.7 cm³/mol. The molecule has 24 heavy (non-hydrogen) atoms. The number of sulfone groups is 1. The smallest absolute Gasteiger partial charge is 0.183 e. The van der Waals surface area contributed by atoms with Crippen LogP contribution in [0.25, 0.3) is 0 Å². The molecule has 0 amide bonds. The van der Waals surface area contributed by atoms with Gasteiger partial charge in [0.2, 0.25) is 0 Å². The van der Waals surface area contributed by atoms with Crippen LogP contribution in [0.1, 0.15) is 11.5 Å². The summed E-state index contributed by atoms with van der Waals surface area (Å²) in [6.07, 6.45) is 0.374. The number of hydrogen-bond donors (Lipinski definition) is 0. The molecule has 1 saturated carbocycles. The molecule has 3 rings (SSSR count). The molecule has 1 fully saturated rings. The van der Waals surface area contributed by atoms with E-state index in [0.29, 0.717) is 16.9 Å². The number of carbonyl (C=O) groups excluding carboxylic acids is 1. The Morgan fingerprint density at radius 3 is 2.21 bits per heavy atom. The van der Waals surface area contributed by atoms with E-state index < -0.39 is 32.2 Å². The van der Waals surface area contributed by atoms with E-state index >= 15 is 0 Å². The predicted octanol–water partition coefficient (Wildman–Crippen LogP) is 3.13. The van der Waals surface area contributed by atoms with E-state index in [4.69, 9.17) is 11.6 Å². The van der Waals surface area contributed by atoms with Crippen LogP contribution in [0.15, 0.2) is 53.4 Å². The fourth-order valence-electron chi connectivity index (χ4n) is 3.00. The van der Waals surface area contributed by atoms with E-state index in [1.54, 1.807) is 0 Å². The molecule has 0 unspecified atom stereocenters. The number of aldehydes is 1. The third kappa shape index (κ3) is 2.41. The Hall–Kier alpha value is -2.23. The third-order valence-corrected chi connectivity index (χ3v) is 6.79. The summed E-state index contributed by atoms with van der Waals surface area (Å²) in [5.41, 5.74) is -1.23. The van der Waals surface area contributed by atoms with Crippen molar-refractivity contribution in [3.8, 4) is 6.07 Å². The molecule has 0 heterocycles. The minimum atomic E-state index is -3.93. The number of benzene rings is 2. The number of nitrogens with zero attached hydrogens (tertiary/aromatic N) is 1. The Balaban J connectivity index is 2.08. The lowest BCUT2D eigenvalue weighted by molar-refractivity contribution is -0.110. The Labute approximate surface area is 143 Å². The lowest BCUT2D eigenvalue weighted by Gasteiger charge is -2.04. The second-order valence-electron chi connectivity index (χ2n) is 5.61. The highest BCUT2D eigenvalue weighted by molar-refractivity contribution is 7.92. The maximum Gasteiger partial charge on any atom is 0.183 e. The molecule has 0 bridgehead atoms. The quantitative estimate of drug-likeness (QED) is 0.782. The molecule has 7 heteroatoms. The normalized spacial score (nSPS) is 25.7. The second-order valence-corrected chi connectivity index (χ2v) is 8.12. The average Bonchev–Trinajstić information content (AvgIpc) is 3.26. The summed E-state index contributed by atoms with van der Waals surface area (Å²) in [5, 5.41) is 8.59. The number of halogens is 2. The van der Waals surface area contributed by atoms with E-state index in [1.807, 2.05) is 6.07 Å². The van der Waals surface area contributed by atoms with Crippen molar-refractivity contribution in [2.45, 2.75) is 16.1 Å². The molecule has 0 spiro atoms. The van der Waals surface area contributed by atoms with Gasteiger partial charge in [0.05, 0.1) is 11.0 Å². The third-order valence-electron chi connectivity index (χ3n) is 4.27. The Bertz CT molecular complexity index is 935. The number of hydrogen-bond acceptors (Lipinski definition) is 4. The molecule has 0 saturated heterocycles. The molecule has 1 aliphatic rings. The van der Waals surface area contributed by atoms with Gasteiger partial charge in [0.15, 0.2) is 9.84 Å². The van der Waals surface area contributed by atoms with E-state index in [0.717, 1.165) is 0 Å². The van der Waals surface area contributed by atoms with Crippen LogP contribution < -0.4 is 0 Å². The van der Waals surface area contributed by atoms with Gasteiger partial charge in [-0.2, -0.15) is 5.26 Å². The molecule has 2 aromatic rings. The van der Waals surface area contributed by atoms with Crippen LogP contribution in [0.3, 0.4) is 0 Å². The van der Waals surface area contributed by atoms with Gasteiger partial charge in [0.25, 0.3) is 0 Å². The van der Waals surface area contributed by atoms with Crippen molar-refractivity contribution < 1.29 is 17.6 Å². The zero-order valence-corrected chi connectivity index (χ0v) is 13.8. The van der Waals surface area contributed by atoms with Gasteiger partial charge in [0.1, 0.15) is 22.8 Å². The molecule has 1 aliphatic carbocycles. The van der Waals surface area contributed by atoms with E-state index in [2.05, 4.69) is 0 Å². The van der Waals surface area contributed by atoms with E-state index in [9.17, 15) is 22.9 Å². The standard InChI is InChI=1S/C17H11ClFNO3S/c18-12-3-7-14(8-4-12)24(22,23)16-15(17(16,9-20)10-21)11-1-5-13(19)6-2-11/h1-8,10,15-16H/t15-,16-,17+/m0/s1. The zero-order chi connectivity index (χ0) is 17.5. The lowest BCUT2D eigenvalue weighted by atomic mass is 10.0. The fourth-order valence-corrected chi connectivity index (χ4v) is 5.37. The van der Waals surface area contributed by atoms with Crippen LogP contribution in [-0.4, -0.2) is 20.0 Å². The lowest BCUT2D eigenvalue weighted by Crippen LogP contribution is -2.16. The van der Waals surface area contributed by atoms with Gasteiger partial charge in [0, 0.05) is 10.9 Å². The molecule has 2 aromatic carbocycles. The van der Waals surface area contributed by atoms with E-state index in [-0.39, 0.29) is 4.90 Å². The molecule has 3 atom stereocenters. The summed E-state index contributed by atoms with van der Waals surface area (Å²) in [4.78, 5) is 11.5. The zero-order valence-electron chi connectivity index (χ0n) is 12.2. The largest absolute Gasteiger partial charge is 0.302 e. The fraction of sp³-hybridized carbons (Fsp3) is 0.176.